The number of hydrogen-bond donors (Lipinski definition) is 1. The SMILES string of the molecule is C=C[C@@H](C)Oc1ccccc1CCCN. The van der Waals surface area contributed by atoms with Gasteiger partial charge < -0.3 is 10.5 Å². The molecule has 1 atom stereocenters. The zero-order valence-corrected chi connectivity index (χ0v) is 9.28. The number of para-hydroxylation sites is 1. The highest BCUT2D eigenvalue weighted by Gasteiger charge is 2.04. The molecule has 0 aliphatic heterocycles. The zero-order valence-electron chi connectivity index (χ0n) is 9.28. The molecule has 0 aliphatic carbocycles. The van der Waals surface area contributed by atoms with Crippen LogP contribution in [0.1, 0.15) is 18.9 Å². The van der Waals surface area contributed by atoms with Crippen molar-refractivity contribution in [1.82, 2.24) is 0 Å². The molecule has 1 aromatic carbocycles. The van der Waals surface area contributed by atoms with Crippen molar-refractivity contribution < 1.29 is 4.74 Å². The van der Waals surface area contributed by atoms with Crippen LogP contribution in [0.5, 0.6) is 5.75 Å². The summed E-state index contributed by atoms with van der Waals surface area (Å²) in [5, 5.41) is 0. The third kappa shape index (κ3) is 3.76. The van der Waals surface area contributed by atoms with Gasteiger partial charge in [-0.25, -0.2) is 0 Å². The van der Waals surface area contributed by atoms with E-state index in [1.165, 1.54) is 5.56 Å². The molecule has 0 aromatic heterocycles. The van der Waals surface area contributed by atoms with Crippen LogP contribution in [-0.2, 0) is 6.42 Å². The minimum atomic E-state index is 0.0454. The minimum absolute atomic E-state index is 0.0454. The lowest BCUT2D eigenvalue weighted by atomic mass is 10.1. The van der Waals surface area contributed by atoms with Crippen LogP contribution < -0.4 is 10.5 Å². The summed E-state index contributed by atoms with van der Waals surface area (Å²) in [6.45, 7) is 6.40. The summed E-state index contributed by atoms with van der Waals surface area (Å²) >= 11 is 0. The van der Waals surface area contributed by atoms with E-state index in [-0.39, 0.29) is 6.10 Å². The van der Waals surface area contributed by atoms with Gasteiger partial charge >= 0.3 is 0 Å². The summed E-state index contributed by atoms with van der Waals surface area (Å²) in [5.74, 6) is 0.943. The van der Waals surface area contributed by atoms with Gasteiger partial charge in [0.25, 0.3) is 0 Å². The molecule has 0 bridgehead atoms. The van der Waals surface area contributed by atoms with Crippen LogP contribution in [0.25, 0.3) is 0 Å². The maximum absolute atomic E-state index is 5.73. The Kier molecular flexibility index (Phi) is 4.91. The Bertz CT molecular complexity index is 309. The van der Waals surface area contributed by atoms with Crippen molar-refractivity contribution >= 4 is 0 Å². The monoisotopic (exact) mass is 205 g/mol. The van der Waals surface area contributed by atoms with E-state index in [1.54, 1.807) is 6.08 Å². The van der Waals surface area contributed by atoms with E-state index in [0.717, 1.165) is 18.6 Å². The Morgan fingerprint density at radius 1 is 1.47 bits per heavy atom. The summed E-state index contributed by atoms with van der Waals surface area (Å²) in [5.41, 5.74) is 6.72. The molecule has 2 heteroatoms. The van der Waals surface area contributed by atoms with Gasteiger partial charge in [-0.1, -0.05) is 30.9 Å². The predicted molar refractivity (Wildman–Crippen MR) is 64.1 cm³/mol. The molecule has 0 heterocycles. The second-order valence-electron chi connectivity index (χ2n) is 3.56. The Balaban J connectivity index is 2.71. The molecule has 82 valence electrons. The van der Waals surface area contributed by atoms with Crippen LogP contribution in [0.4, 0.5) is 0 Å². The van der Waals surface area contributed by atoms with Gasteiger partial charge in [0.2, 0.25) is 0 Å². The minimum Gasteiger partial charge on any atom is -0.486 e. The Labute approximate surface area is 91.7 Å². The van der Waals surface area contributed by atoms with E-state index in [9.17, 15) is 0 Å². The smallest absolute Gasteiger partial charge is 0.123 e. The summed E-state index contributed by atoms with van der Waals surface area (Å²) in [7, 11) is 0. The summed E-state index contributed by atoms with van der Waals surface area (Å²) in [6, 6.07) is 8.08. The highest BCUT2D eigenvalue weighted by atomic mass is 16.5. The number of hydrogen-bond acceptors (Lipinski definition) is 2. The molecule has 0 saturated carbocycles. The van der Waals surface area contributed by atoms with Gasteiger partial charge in [-0.05, 0) is 37.9 Å². The normalized spacial score (nSPS) is 12.1. The third-order valence-corrected chi connectivity index (χ3v) is 2.27. The number of nitrogens with two attached hydrogens (primary N) is 1. The predicted octanol–water partition coefficient (Wildman–Crippen LogP) is 2.53. The molecular weight excluding hydrogens is 186 g/mol. The number of ether oxygens (including phenoxy) is 1. The molecule has 0 unspecified atom stereocenters. The first kappa shape index (κ1) is 11.8. The second kappa shape index (κ2) is 6.25. The molecule has 2 N–H and O–H groups in total. The lowest BCUT2D eigenvalue weighted by Crippen LogP contribution is -2.09. The van der Waals surface area contributed by atoms with Crippen LogP contribution in [0, 0.1) is 0 Å². The highest BCUT2D eigenvalue weighted by molar-refractivity contribution is 5.33. The van der Waals surface area contributed by atoms with Crippen LogP contribution in [0.15, 0.2) is 36.9 Å². The van der Waals surface area contributed by atoms with Crippen molar-refractivity contribution in [2.75, 3.05) is 6.54 Å². The fraction of sp³-hybridized carbons (Fsp3) is 0.385. The molecule has 0 spiro atoms. The van der Waals surface area contributed by atoms with Gasteiger partial charge in [0.05, 0.1) is 0 Å². The summed E-state index contributed by atoms with van der Waals surface area (Å²) < 4.78 is 5.73. The second-order valence-corrected chi connectivity index (χ2v) is 3.56. The number of benzene rings is 1. The van der Waals surface area contributed by atoms with Crippen molar-refractivity contribution in [2.24, 2.45) is 5.73 Å². The average Bonchev–Trinajstić information content (AvgIpc) is 2.28. The zero-order chi connectivity index (χ0) is 11.1. The molecular formula is C13H19NO. The first-order chi connectivity index (χ1) is 7.27. The van der Waals surface area contributed by atoms with E-state index in [2.05, 4.69) is 12.6 Å². The van der Waals surface area contributed by atoms with Gasteiger partial charge in [0.15, 0.2) is 0 Å². The maximum Gasteiger partial charge on any atom is 0.123 e. The van der Waals surface area contributed by atoms with Gasteiger partial charge in [-0.3, -0.25) is 0 Å². The maximum atomic E-state index is 5.73. The fourth-order valence-corrected chi connectivity index (χ4v) is 1.37. The van der Waals surface area contributed by atoms with E-state index < -0.39 is 0 Å². The lowest BCUT2D eigenvalue weighted by molar-refractivity contribution is 0.267. The first-order valence-electron chi connectivity index (χ1n) is 5.35. The number of aryl methyl sites for hydroxylation is 1. The first-order valence-corrected chi connectivity index (χ1v) is 5.35. The highest BCUT2D eigenvalue weighted by Crippen LogP contribution is 2.20. The standard InChI is InChI=1S/C13H19NO/c1-3-11(2)15-13-9-5-4-7-12(13)8-6-10-14/h3-5,7,9,11H,1,6,8,10,14H2,2H3/t11-/m1/s1. The van der Waals surface area contributed by atoms with E-state index in [1.807, 2.05) is 25.1 Å². The van der Waals surface area contributed by atoms with Crippen molar-refractivity contribution in [3.05, 3.63) is 42.5 Å². The molecule has 0 amide bonds. The Morgan fingerprint density at radius 3 is 2.87 bits per heavy atom. The van der Waals surface area contributed by atoms with Crippen molar-refractivity contribution in [1.29, 1.82) is 0 Å². The average molecular weight is 205 g/mol. The molecule has 0 radical (unpaired) electrons. The molecule has 2 nitrogen and oxygen atoms in total. The lowest BCUT2D eigenvalue weighted by Gasteiger charge is -2.14. The molecule has 1 aromatic rings. The van der Waals surface area contributed by atoms with Crippen LogP contribution in [0.2, 0.25) is 0 Å². The van der Waals surface area contributed by atoms with E-state index in [0.29, 0.717) is 6.54 Å². The quantitative estimate of drug-likeness (QED) is 0.724. The van der Waals surface area contributed by atoms with Crippen molar-refractivity contribution in [2.45, 2.75) is 25.9 Å². The summed E-state index contributed by atoms with van der Waals surface area (Å²) in [6.07, 6.45) is 3.79. The van der Waals surface area contributed by atoms with Gasteiger partial charge in [-0.15, -0.1) is 0 Å². The van der Waals surface area contributed by atoms with E-state index >= 15 is 0 Å². The molecule has 15 heavy (non-hydrogen) atoms. The Hall–Kier alpha value is -1.28. The third-order valence-electron chi connectivity index (χ3n) is 2.27. The van der Waals surface area contributed by atoms with Gasteiger partial charge in [0.1, 0.15) is 11.9 Å². The van der Waals surface area contributed by atoms with Crippen LogP contribution in [0.3, 0.4) is 0 Å². The molecule has 0 fully saturated rings. The largest absolute Gasteiger partial charge is 0.486 e. The van der Waals surface area contributed by atoms with Crippen LogP contribution in [-0.4, -0.2) is 12.6 Å². The van der Waals surface area contributed by atoms with Crippen molar-refractivity contribution in [3.8, 4) is 5.75 Å². The molecule has 0 aliphatic rings. The van der Waals surface area contributed by atoms with Gasteiger partial charge in [-0.2, -0.15) is 0 Å². The topological polar surface area (TPSA) is 35.2 Å². The molecule has 0 saturated heterocycles. The molecule has 1 rings (SSSR count). The fourth-order valence-electron chi connectivity index (χ4n) is 1.37. The number of rotatable bonds is 6. The van der Waals surface area contributed by atoms with Crippen LogP contribution >= 0.6 is 0 Å². The Morgan fingerprint density at radius 2 is 2.20 bits per heavy atom. The van der Waals surface area contributed by atoms with Gasteiger partial charge in [0, 0.05) is 0 Å². The van der Waals surface area contributed by atoms with E-state index in [4.69, 9.17) is 10.5 Å². The summed E-state index contributed by atoms with van der Waals surface area (Å²) in [4.78, 5) is 0. The van der Waals surface area contributed by atoms with Crippen molar-refractivity contribution in [3.63, 3.8) is 0 Å².